The Morgan fingerprint density at radius 2 is 1.97 bits per heavy atom. The predicted molar refractivity (Wildman–Crippen MR) is 119 cm³/mol. The lowest BCUT2D eigenvalue weighted by atomic mass is 9.91. The summed E-state index contributed by atoms with van der Waals surface area (Å²) in [6.45, 7) is 2.56. The molecule has 0 saturated heterocycles. The second-order valence-corrected chi connectivity index (χ2v) is 9.93. The minimum Gasteiger partial charge on any atom is -0.351 e. The van der Waals surface area contributed by atoms with Crippen molar-refractivity contribution in [2.75, 3.05) is 0 Å². The van der Waals surface area contributed by atoms with Crippen LogP contribution in [-0.4, -0.2) is 38.1 Å². The summed E-state index contributed by atoms with van der Waals surface area (Å²) < 4.78 is 1.75. The number of rotatable bonds is 5. The summed E-state index contributed by atoms with van der Waals surface area (Å²) >= 11 is 6.19. The maximum Gasteiger partial charge on any atom is 0.273 e. The Hall–Kier alpha value is -2.34. The zero-order valence-corrected chi connectivity index (χ0v) is 18.7. The second-order valence-electron chi connectivity index (χ2n) is 9.49. The maximum absolute atomic E-state index is 13.6. The van der Waals surface area contributed by atoms with Crippen molar-refractivity contribution in [2.24, 2.45) is 0 Å². The number of hydrogen-bond acceptors (Lipinski definition) is 3. The molecular formula is C24H29ClN4O2. The van der Waals surface area contributed by atoms with E-state index < -0.39 is 5.54 Å². The Labute approximate surface area is 187 Å². The van der Waals surface area contributed by atoms with Gasteiger partial charge in [0.05, 0.1) is 12.2 Å². The number of amides is 2. The molecule has 2 fully saturated rings. The van der Waals surface area contributed by atoms with E-state index in [2.05, 4.69) is 5.32 Å². The summed E-state index contributed by atoms with van der Waals surface area (Å²) in [5.74, 6) is 0.213. The molecule has 0 spiro atoms. The van der Waals surface area contributed by atoms with Crippen LogP contribution in [0.1, 0.15) is 79.5 Å². The van der Waals surface area contributed by atoms with Crippen molar-refractivity contribution >= 4 is 23.4 Å². The van der Waals surface area contributed by atoms with E-state index in [1.54, 1.807) is 9.58 Å². The van der Waals surface area contributed by atoms with Crippen molar-refractivity contribution < 1.29 is 9.59 Å². The number of carbonyl (C=O) groups excluding carboxylic acids is 2. The van der Waals surface area contributed by atoms with Gasteiger partial charge in [-0.15, -0.1) is 0 Å². The minimum atomic E-state index is -1.02. The van der Waals surface area contributed by atoms with E-state index in [9.17, 15) is 9.59 Å². The average molecular weight is 441 g/mol. The molecule has 1 unspecified atom stereocenters. The van der Waals surface area contributed by atoms with Gasteiger partial charge in [-0.1, -0.05) is 43.0 Å². The van der Waals surface area contributed by atoms with E-state index in [4.69, 9.17) is 16.7 Å². The van der Waals surface area contributed by atoms with Crippen molar-refractivity contribution in [1.82, 2.24) is 20.0 Å². The monoisotopic (exact) mass is 440 g/mol. The number of carbonyl (C=O) groups is 2. The molecule has 164 valence electrons. The second kappa shape index (κ2) is 7.97. The van der Waals surface area contributed by atoms with Gasteiger partial charge in [0.2, 0.25) is 5.91 Å². The molecule has 7 heteroatoms. The number of halogens is 1. The molecule has 2 aliphatic carbocycles. The first-order valence-electron chi connectivity index (χ1n) is 11.4. The molecule has 6 nitrogen and oxygen atoms in total. The van der Waals surface area contributed by atoms with Gasteiger partial charge < -0.3 is 10.2 Å². The van der Waals surface area contributed by atoms with Crippen LogP contribution in [0.2, 0.25) is 5.02 Å². The van der Waals surface area contributed by atoms with E-state index in [0.717, 1.165) is 49.8 Å². The van der Waals surface area contributed by atoms with Crippen LogP contribution in [-0.2, 0) is 17.9 Å². The van der Waals surface area contributed by atoms with Gasteiger partial charge in [0.15, 0.2) is 0 Å². The summed E-state index contributed by atoms with van der Waals surface area (Å²) in [5, 5.41) is 8.58. The molecule has 2 heterocycles. The first-order chi connectivity index (χ1) is 14.9. The highest BCUT2D eigenvalue weighted by atomic mass is 35.5. The average Bonchev–Trinajstić information content (AvgIpc) is 3.52. The zero-order chi connectivity index (χ0) is 21.6. The first kappa shape index (κ1) is 20.6. The largest absolute Gasteiger partial charge is 0.351 e. The van der Waals surface area contributed by atoms with Gasteiger partial charge in [-0.3, -0.25) is 14.3 Å². The van der Waals surface area contributed by atoms with Gasteiger partial charge in [0.25, 0.3) is 5.91 Å². The summed E-state index contributed by atoms with van der Waals surface area (Å²) in [5.41, 5.74) is 1.44. The Bertz CT molecular complexity index is 1010. The lowest BCUT2D eigenvalue weighted by Crippen LogP contribution is -2.64. The number of benzene rings is 1. The number of hydrogen-bond donors (Lipinski definition) is 1. The summed E-state index contributed by atoms with van der Waals surface area (Å²) in [4.78, 5) is 28.9. The fourth-order valence-electron chi connectivity index (χ4n) is 4.89. The van der Waals surface area contributed by atoms with Crippen LogP contribution >= 0.6 is 11.6 Å². The van der Waals surface area contributed by atoms with Gasteiger partial charge >= 0.3 is 0 Å². The van der Waals surface area contributed by atoms with Crippen LogP contribution in [0.4, 0.5) is 0 Å². The summed E-state index contributed by atoms with van der Waals surface area (Å²) in [6.07, 6.45) is 7.75. The highest BCUT2D eigenvalue weighted by Gasteiger charge is 2.48. The lowest BCUT2D eigenvalue weighted by Gasteiger charge is -2.44. The van der Waals surface area contributed by atoms with Gasteiger partial charge in [-0.2, -0.15) is 5.10 Å². The van der Waals surface area contributed by atoms with Crippen LogP contribution in [0.5, 0.6) is 0 Å². The number of aromatic nitrogens is 2. The molecular weight excluding hydrogens is 412 g/mol. The minimum absolute atomic E-state index is 0.0936. The standard InChI is InChI=1S/C24H29ClN4O2/c1-24(23(31)26-19-8-3-2-4-9-19)15-29-21(13-20(27-29)17-10-11-17)22(30)28(24)14-16-6-5-7-18(25)12-16/h5-7,12-13,17,19H,2-4,8-11,14-15H2,1H3,(H,26,31). The van der Waals surface area contributed by atoms with Gasteiger partial charge in [-0.25, -0.2) is 0 Å². The quantitative estimate of drug-likeness (QED) is 0.754. The van der Waals surface area contributed by atoms with Crippen LogP contribution in [0, 0.1) is 0 Å². The van der Waals surface area contributed by atoms with E-state index in [1.165, 1.54) is 6.42 Å². The fourth-order valence-corrected chi connectivity index (χ4v) is 5.11. The van der Waals surface area contributed by atoms with Crippen molar-refractivity contribution in [3.05, 3.63) is 52.3 Å². The van der Waals surface area contributed by atoms with E-state index in [1.807, 2.05) is 37.3 Å². The topological polar surface area (TPSA) is 67.2 Å². The molecule has 1 aromatic carbocycles. The Morgan fingerprint density at radius 1 is 1.19 bits per heavy atom. The maximum atomic E-state index is 13.6. The third-order valence-corrected chi connectivity index (χ3v) is 7.21. The van der Waals surface area contributed by atoms with Crippen LogP contribution in [0.3, 0.4) is 0 Å². The number of nitrogens with one attached hydrogen (secondary N) is 1. The van der Waals surface area contributed by atoms with Crippen molar-refractivity contribution in [3.63, 3.8) is 0 Å². The summed E-state index contributed by atoms with van der Waals surface area (Å²) in [7, 11) is 0. The Balaban J connectivity index is 1.48. The van der Waals surface area contributed by atoms with Crippen molar-refractivity contribution in [1.29, 1.82) is 0 Å². The van der Waals surface area contributed by atoms with Gasteiger partial charge in [0, 0.05) is 23.5 Å². The highest BCUT2D eigenvalue weighted by molar-refractivity contribution is 6.30. The third-order valence-electron chi connectivity index (χ3n) is 6.97. The van der Waals surface area contributed by atoms with Crippen LogP contribution < -0.4 is 5.32 Å². The molecule has 5 rings (SSSR count). The Morgan fingerprint density at radius 3 is 2.68 bits per heavy atom. The summed E-state index contributed by atoms with van der Waals surface area (Å²) in [6, 6.07) is 9.59. The molecule has 2 amide bonds. The van der Waals surface area contributed by atoms with Gasteiger partial charge in [0.1, 0.15) is 11.2 Å². The molecule has 2 saturated carbocycles. The predicted octanol–water partition coefficient (Wildman–Crippen LogP) is 4.28. The molecule has 1 N–H and O–H groups in total. The fraction of sp³-hybridized carbons (Fsp3) is 0.542. The number of nitrogens with zero attached hydrogens (tertiary/aromatic N) is 3. The molecule has 1 aromatic heterocycles. The molecule has 1 aliphatic heterocycles. The molecule has 2 aromatic rings. The molecule has 0 bridgehead atoms. The van der Waals surface area contributed by atoms with Crippen molar-refractivity contribution in [3.8, 4) is 0 Å². The molecule has 1 atom stereocenters. The lowest BCUT2D eigenvalue weighted by molar-refractivity contribution is -0.134. The first-order valence-corrected chi connectivity index (χ1v) is 11.8. The molecule has 3 aliphatic rings. The number of fused-ring (bicyclic) bond motifs is 1. The normalized spacial score (nSPS) is 24.2. The van der Waals surface area contributed by atoms with Crippen molar-refractivity contribution in [2.45, 2.75) is 82.5 Å². The zero-order valence-electron chi connectivity index (χ0n) is 17.9. The van der Waals surface area contributed by atoms with Crippen LogP contribution in [0.25, 0.3) is 0 Å². The Kier molecular flexibility index (Phi) is 5.29. The molecule has 0 radical (unpaired) electrons. The molecule has 31 heavy (non-hydrogen) atoms. The van der Waals surface area contributed by atoms with Gasteiger partial charge in [-0.05, 0) is 56.4 Å². The third kappa shape index (κ3) is 3.98. The smallest absolute Gasteiger partial charge is 0.273 e. The SMILES string of the molecule is CC1(C(=O)NC2CCCCC2)Cn2nc(C3CC3)cc2C(=O)N1Cc1cccc(Cl)c1. The van der Waals surface area contributed by atoms with E-state index in [0.29, 0.717) is 29.7 Å². The van der Waals surface area contributed by atoms with E-state index >= 15 is 0 Å². The highest BCUT2D eigenvalue weighted by Crippen LogP contribution is 2.41. The van der Waals surface area contributed by atoms with Crippen LogP contribution in [0.15, 0.2) is 30.3 Å². The van der Waals surface area contributed by atoms with E-state index in [-0.39, 0.29) is 17.9 Å².